The van der Waals surface area contributed by atoms with Gasteiger partial charge >= 0.3 is 0 Å². The molecule has 0 saturated heterocycles. The van der Waals surface area contributed by atoms with E-state index in [2.05, 4.69) is 26.9 Å². The second kappa shape index (κ2) is 10.4. The average molecular weight is 296 g/mol. The number of rotatable bonds is 8. The topological polar surface area (TPSA) is 58.5 Å². The number of hydrogen-bond acceptors (Lipinski definition) is 4. The zero-order valence-electron chi connectivity index (χ0n) is 12.5. The summed E-state index contributed by atoms with van der Waals surface area (Å²) in [6.07, 6.45) is 6.33. The zero-order chi connectivity index (χ0) is 14.6. The molecule has 2 N–H and O–H groups in total. The Kier molecular flexibility index (Phi) is 8.62. The molecule has 0 aliphatic heterocycles. The normalized spacial score (nSPS) is 11.2. The first-order chi connectivity index (χ1) is 9.80. The summed E-state index contributed by atoms with van der Waals surface area (Å²) in [6.45, 7) is 1.64. The number of unbranched alkanes of at least 4 members (excludes halogenated alkanes) is 1. The van der Waals surface area contributed by atoms with E-state index in [9.17, 15) is 0 Å². The summed E-state index contributed by atoms with van der Waals surface area (Å²) < 4.78 is 5.03. The van der Waals surface area contributed by atoms with Gasteiger partial charge in [0.25, 0.3) is 0 Å². The van der Waals surface area contributed by atoms with Crippen molar-refractivity contribution < 1.29 is 4.74 Å². The van der Waals surface area contributed by atoms with Gasteiger partial charge in [0, 0.05) is 32.4 Å². The van der Waals surface area contributed by atoms with E-state index in [1.807, 2.05) is 23.9 Å². The number of nitrogens with zero attached hydrogens (tertiary/aromatic N) is 2. The van der Waals surface area contributed by atoms with Crippen molar-refractivity contribution >= 4 is 17.7 Å². The molecule has 0 aromatic carbocycles. The highest BCUT2D eigenvalue weighted by Gasteiger charge is 1.99. The van der Waals surface area contributed by atoms with Crippen LogP contribution in [0.15, 0.2) is 23.3 Å². The van der Waals surface area contributed by atoms with Crippen LogP contribution >= 0.6 is 11.8 Å². The van der Waals surface area contributed by atoms with Crippen molar-refractivity contribution in [3.8, 4) is 5.88 Å². The van der Waals surface area contributed by atoms with Crippen LogP contribution in [0.5, 0.6) is 5.88 Å². The molecule has 0 saturated carbocycles. The number of aliphatic imine (C=N–C) groups is 1. The summed E-state index contributed by atoms with van der Waals surface area (Å²) in [7, 11) is 3.40. The van der Waals surface area contributed by atoms with E-state index < -0.39 is 0 Å². The summed E-state index contributed by atoms with van der Waals surface area (Å²) >= 11 is 1.89. The van der Waals surface area contributed by atoms with Gasteiger partial charge in [0.1, 0.15) is 0 Å². The van der Waals surface area contributed by atoms with Crippen LogP contribution in [0.25, 0.3) is 0 Å². The van der Waals surface area contributed by atoms with Gasteiger partial charge in [0.05, 0.1) is 7.11 Å². The van der Waals surface area contributed by atoms with Crippen LogP contribution in [0.2, 0.25) is 0 Å². The van der Waals surface area contributed by atoms with Crippen molar-refractivity contribution in [1.82, 2.24) is 15.6 Å². The first-order valence-electron chi connectivity index (χ1n) is 6.72. The number of thioether (sulfide) groups is 1. The van der Waals surface area contributed by atoms with Crippen LogP contribution in [0.1, 0.15) is 18.4 Å². The molecule has 6 heteroatoms. The number of guanidine groups is 1. The Bertz CT molecular complexity index is 395. The Morgan fingerprint density at radius 2 is 2.20 bits per heavy atom. The van der Waals surface area contributed by atoms with E-state index in [1.165, 1.54) is 12.2 Å². The van der Waals surface area contributed by atoms with Gasteiger partial charge in [-0.1, -0.05) is 6.07 Å². The molecule has 1 aromatic heterocycles. The summed E-state index contributed by atoms with van der Waals surface area (Å²) in [5.74, 6) is 2.67. The van der Waals surface area contributed by atoms with E-state index in [-0.39, 0.29) is 0 Å². The predicted molar refractivity (Wildman–Crippen MR) is 86.6 cm³/mol. The Balaban J connectivity index is 2.26. The Morgan fingerprint density at radius 1 is 1.35 bits per heavy atom. The van der Waals surface area contributed by atoms with Gasteiger partial charge in [0.2, 0.25) is 5.88 Å². The number of aromatic nitrogens is 1. The molecule has 0 unspecified atom stereocenters. The smallest absolute Gasteiger partial charge is 0.212 e. The summed E-state index contributed by atoms with van der Waals surface area (Å²) in [5.41, 5.74) is 1.09. The SMILES string of the molecule is CN=C(NCCCCSC)NCc1ccc(OC)nc1. The Labute approximate surface area is 125 Å². The minimum absolute atomic E-state index is 0.630. The van der Waals surface area contributed by atoms with Gasteiger partial charge in [-0.05, 0) is 30.4 Å². The molecule has 0 aliphatic carbocycles. The third kappa shape index (κ3) is 6.65. The van der Waals surface area contributed by atoms with Crippen molar-refractivity contribution in [3.05, 3.63) is 23.9 Å². The molecule has 0 aliphatic rings. The van der Waals surface area contributed by atoms with Gasteiger partial charge in [-0.3, -0.25) is 4.99 Å². The molecule has 112 valence electrons. The predicted octanol–water partition coefficient (Wildman–Crippen LogP) is 1.90. The van der Waals surface area contributed by atoms with E-state index >= 15 is 0 Å². The zero-order valence-corrected chi connectivity index (χ0v) is 13.3. The summed E-state index contributed by atoms with van der Waals surface area (Å²) in [6, 6.07) is 3.85. The average Bonchev–Trinajstić information content (AvgIpc) is 2.50. The largest absolute Gasteiger partial charge is 0.481 e. The Morgan fingerprint density at radius 3 is 2.80 bits per heavy atom. The molecule has 5 nitrogen and oxygen atoms in total. The minimum Gasteiger partial charge on any atom is -0.481 e. The molecule has 1 heterocycles. The van der Waals surface area contributed by atoms with Crippen molar-refractivity contribution in [3.63, 3.8) is 0 Å². The fourth-order valence-electron chi connectivity index (χ4n) is 1.62. The molecule has 1 aromatic rings. The number of pyridine rings is 1. The fraction of sp³-hybridized carbons (Fsp3) is 0.571. The van der Waals surface area contributed by atoms with E-state index in [0.717, 1.165) is 24.5 Å². The van der Waals surface area contributed by atoms with E-state index in [4.69, 9.17) is 4.74 Å². The lowest BCUT2D eigenvalue weighted by molar-refractivity contribution is 0.397. The standard InChI is InChI=1S/C14H24N4OS/c1-15-14(16-8-4-5-9-20-3)18-11-12-6-7-13(19-2)17-10-12/h6-7,10H,4-5,8-9,11H2,1-3H3,(H2,15,16,18). The molecular formula is C14H24N4OS. The molecule has 0 spiro atoms. The number of hydrogen-bond donors (Lipinski definition) is 2. The lowest BCUT2D eigenvalue weighted by Crippen LogP contribution is -2.37. The minimum atomic E-state index is 0.630. The highest BCUT2D eigenvalue weighted by molar-refractivity contribution is 7.98. The maximum Gasteiger partial charge on any atom is 0.212 e. The quantitative estimate of drug-likeness (QED) is 0.436. The molecular weight excluding hydrogens is 272 g/mol. The molecule has 0 radical (unpaired) electrons. The van der Waals surface area contributed by atoms with Gasteiger partial charge in [-0.15, -0.1) is 0 Å². The van der Waals surface area contributed by atoms with Crippen LogP contribution in [0, 0.1) is 0 Å². The van der Waals surface area contributed by atoms with Crippen molar-refractivity contribution in [2.45, 2.75) is 19.4 Å². The Hall–Kier alpha value is -1.43. The second-order valence-corrected chi connectivity index (χ2v) is 5.25. The maximum absolute atomic E-state index is 5.03. The third-order valence-corrected chi connectivity index (χ3v) is 3.45. The van der Waals surface area contributed by atoms with Crippen molar-refractivity contribution in [2.75, 3.05) is 32.7 Å². The van der Waals surface area contributed by atoms with Crippen LogP contribution in [-0.4, -0.2) is 43.7 Å². The van der Waals surface area contributed by atoms with Crippen LogP contribution < -0.4 is 15.4 Å². The number of ether oxygens (including phenoxy) is 1. The molecule has 1 rings (SSSR count). The van der Waals surface area contributed by atoms with Crippen molar-refractivity contribution in [2.24, 2.45) is 4.99 Å². The molecule has 0 fully saturated rings. The highest BCUT2D eigenvalue weighted by atomic mass is 32.2. The molecule has 0 atom stereocenters. The summed E-state index contributed by atoms with van der Waals surface area (Å²) in [5, 5.41) is 6.57. The second-order valence-electron chi connectivity index (χ2n) is 4.26. The van der Waals surface area contributed by atoms with Gasteiger partial charge in [-0.2, -0.15) is 11.8 Å². The lowest BCUT2D eigenvalue weighted by Gasteiger charge is -2.11. The fourth-order valence-corrected chi connectivity index (χ4v) is 2.11. The third-order valence-electron chi connectivity index (χ3n) is 2.76. The lowest BCUT2D eigenvalue weighted by atomic mass is 10.3. The van der Waals surface area contributed by atoms with Crippen LogP contribution in [0.4, 0.5) is 0 Å². The first-order valence-corrected chi connectivity index (χ1v) is 8.12. The van der Waals surface area contributed by atoms with E-state index in [0.29, 0.717) is 12.4 Å². The van der Waals surface area contributed by atoms with Gasteiger partial charge in [0.15, 0.2) is 5.96 Å². The van der Waals surface area contributed by atoms with E-state index in [1.54, 1.807) is 20.4 Å². The summed E-state index contributed by atoms with van der Waals surface area (Å²) in [4.78, 5) is 8.37. The molecule has 0 bridgehead atoms. The number of nitrogens with one attached hydrogen (secondary N) is 2. The first kappa shape index (κ1) is 16.6. The highest BCUT2D eigenvalue weighted by Crippen LogP contribution is 2.06. The molecule has 0 amide bonds. The molecule has 20 heavy (non-hydrogen) atoms. The monoisotopic (exact) mass is 296 g/mol. The van der Waals surface area contributed by atoms with Crippen molar-refractivity contribution in [1.29, 1.82) is 0 Å². The number of methoxy groups -OCH3 is 1. The maximum atomic E-state index is 5.03. The van der Waals surface area contributed by atoms with Crippen LogP contribution in [-0.2, 0) is 6.54 Å². The van der Waals surface area contributed by atoms with Gasteiger partial charge < -0.3 is 15.4 Å². The van der Waals surface area contributed by atoms with Gasteiger partial charge in [-0.25, -0.2) is 4.98 Å². The van der Waals surface area contributed by atoms with Crippen LogP contribution in [0.3, 0.4) is 0 Å².